The number of carbonyl (C=O) groups is 1. The minimum Gasteiger partial charge on any atom is -0.479 e. The molecule has 1 N–H and O–H groups in total. The molecule has 1 rings (SSSR count). The molecular weight excluding hydrogens is 146 g/mol. The number of hydrogen-bond acceptors (Lipinski definition) is 3. The van der Waals surface area contributed by atoms with Crippen molar-refractivity contribution in [2.75, 3.05) is 0 Å². The summed E-state index contributed by atoms with van der Waals surface area (Å²) < 4.78 is 1.30. The Bertz CT molecular complexity index is 253. The summed E-state index contributed by atoms with van der Waals surface area (Å²) in [4.78, 5) is 10.6. The van der Waals surface area contributed by atoms with E-state index < -0.39 is 11.5 Å². The van der Waals surface area contributed by atoms with Crippen LogP contribution in [0.2, 0.25) is 0 Å². The number of carboxylic acid groups (broad SMARTS) is 1. The molecule has 0 fully saturated rings. The molecule has 5 nitrogen and oxygen atoms in total. The fourth-order valence-corrected chi connectivity index (χ4v) is 0.604. The van der Waals surface area contributed by atoms with Gasteiger partial charge in [0.1, 0.15) is 0 Å². The molecule has 0 unspecified atom stereocenters. The van der Waals surface area contributed by atoms with Gasteiger partial charge < -0.3 is 5.11 Å². The Morgan fingerprint density at radius 2 is 2.27 bits per heavy atom. The first-order valence-electron chi connectivity index (χ1n) is 3.15. The summed E-state index contributed by atoms with van der Waals surface area (Å²) in [6, 6.07) is 0. The minimum absolute atomic E-state index is 0.928. The highest BCUT2D eigenvalue weighted by atomic mass is 16.4. The summed E-state index contributed by atoms with van der Waals surface area (Å²) in [6.07, 6.45) is 2.97. The summed E-state index contributed by atoms with van der Waals surface area (Å²) in [5.74, 6) is -0.928. The van der Waals surface area contributed by atoms with Crippen LogP contribution in [0.1, 0.15) is 13.8 Å². The molecule has 11 heavy (non-hydrogen) atoms. The molecule has 0 radical (unpaired) electrons. The van der Waals surface area contributed by atoms with Gasteiger partial charge in [-0.2, -0.15) is 0 Å². The third-order valence-corrected chi connectivity index (χ3v) is 1.52. The predicted octanol–water partition coefficient (Wildman–Crippen LogP) is 0.0978. The van der Waals surface area contributed by atoms with E-state index in [-0.39, 0.29) is 0 Å². The van der Waals surface area contributed by atoms with Gasteiger partial charge in [0, 0.05) is 6.20 Å². The van der Waals surface area contributed by atoms with Crippen LogP contribution in [0, 0.1) is 0 Å². The Balaban J connectivity index is 3.00. The molecule has 0 bridgehead atoms. The topological polar surface area (TPSA) is 68.0 Å². The molecule has 0 aromatic carbocycles. The van der Waals surface area contributed by atoms with Crippen molar-refractivity contribution in [3.05, 3.63) is 12.4 Å². The van der Waals surface area contributed by atoms with Crippen molar-refractivity contribution >= 4 is 5.97 Å². The lowest BCUT2D eigenvalue weighted by molar-refractivity contribution is -0.146. The molecule has 0 saturated carbocycles. The number of aromatic nitrogens is 3. The van der Waals surface area contributed by atoms with E-state index in [1.807, 2.05) is 0 Å². The van der Waals surface area contributed by atoms with Crippen LogP contribution in [0.25, 0.3) is 0 Å². The third-order valence-electron chi connectivity index (χ3n) is 1.52. The lowest BCUT2D eigenvalue weighted by atomic mass is 10.1. The first-order chi connectivity index (χ1) is 5.05. The molecule has 0 amide bonds. The van der Waals surface area contributed by atoms with Gasteiger partial charge in [-0.3, -0.25) is 0 Å². The summed E-state index contributed by atoms with van der Waals surface area (Å²) in [7, 11) is 0. The standard InChI is InChI=1S/C6H9N3O2/c1-6(2,5(10)11)9-4-3-7-8-9/h3-4H,1-2H3,(H,10,11). The maximum atomic E-state index is 10.6. The molecule has 0 aliphatic heterocycles. The molecule has 0 aliphatic carbocycles. The number of hydrogen-bond donors (Lipinski definition) is 1. The van der Waals surface area contributed by atoms with E-state index in [1.165, 1.54) is 17.1 Å². The highest BCUT2D eigenvalue weighted by molar-refractivity contribution is 5.75. The number of rotatable bonds is 2. The second-order valence-electron chi connectivity index (χ2n) is 2.71. The van der Waals surface area contributed by atoms with Crippen molar-refractivity contribution in [2.45, 2.75) is 19.4 Å². The maximum absolute atomic E-state index is 10.6. The quantitative estimate of drug-likeness (QED) is 0.657. The van der Waals surface area contributed by atoms with E-state index in [9.17, 15) is 4.79 Å². The zero-order valence-corrected chi connectivity index (χ0v) is 6.35. The van der Waals surface area contributed by atoms with Gasteiger partial charge in [0.2, 0.25) is 0 Å². The first kappa shape index (κ1) is 7.71. The third kappa shape index (κ3) is 1.21. The van der Waals surface area contributed by atoms with Crippen LogP contribution in [0.15, 0.2) is 12.4 Å². The van der Waals surface area contributed by atoms with Gasteiger partial charge >= 0.3 is 5.97 Å². The number of aliphatic carboxylic acids is 1. The van der Waals surface area contributed by atoms with Crippen molar-refractivity contribution in [1.82, 2.24) is 15.0 Å². The number of carboxylic acids is 1. The SMILES string of the molecule is CC(C)(C(=O)O)n1ccnn1. The highest BCUT2D eigenvalue weighted by Gasteiger charge is 2.29. The normalized spacial score (nSPS) is 11.5. The van der Waals surface area contributed by atoms with Crippen LogP contribution < -0.4 is 0 Å². The maximum Gasteiger partial charge on any atom is 0.331 e. The van der Waals surface area contributed by atoms with Gasteiger partial charge in [-0.15, -0.1) is 5.10 Å². The molecule has 1 aromatic rings. The predicted molar refractivity (Wildman–Crippen MR) is 37.0 cm³/mol. The summed E-state index contributed by atoms with van der Waals surface area (Å²) in [5, 5.41) is 15.8. The molecule has 0 aliphatic rings. The van der Waals surface area contributed by atoms with Crippen molar-refractivity contribution in [1.29, 1.82) is 0 Å². The Morgan fingerprint density at radius 1 is 1.64 bits per heavy atom. The Kier molecular flexibility index (Phi) is 1.64. The van der Waals surface area contributed by atoms with E-state index in [1.54, 1.807) is 13.8 Å². The zero-order valence-electron chi connectivity index (χ0n) is 6.35. The van der Waals surface area contributed by atoms with Gasteiger partial charge in [0.05, 0.1) is 6.20 Å². The Hall–Kier alpha value is -1.39. The van der Waals surface area contributed by atoms with Crippen molar-refractivity contribution in [2.24, 2.45) is 0 Å². The van der Waals surface area contributed by atoms with Crippen LogP contribution in [-0.2, 0) is 10.3 Å². The van der Waals surface area contributed by atoms with Crippen molar-refractivity contribution in [3.8, 4) is 0 Å². The van der Waals surface area contributed by atoms with Crippen molar-refractivity contribution in [3.63, 3.8) is 0 Å². The smallest absolute Gasteiger partial charge is 0.331 e. The molecule has 0 atom stereocenters. The largest absolute Gasteiger partial charge is 0.479 e. The molecule has 1 aromatic heterocycles. The lowest BCUT2D eigenvalue weighted by Crippen LogP contribution is -2.36. The lowest BCUT2D eigenvalue weighted by Gasteiger charge is -2.18. The molecule has 5 heteroatoms. The second kappa shape index (κ2) is 2.34. The van der Waals surface area contributed by atoms with Crippen LogP contribution in [0.3, 0.4) is 0 Å². The van der Waals surface area contributed by atoms with Gasteiger partial charge in [-0.25, -0.2) is 9.48 Å². The molecule has 60 valence electrons. The molecule has 1 heterocycles. The van der Waals surface area contributed by atoms with Crippen LogP contribution >= 0.6 is 0 Å². The van der Waals surface area contributed by atoms with E-state index in [0.29, 0.717) is 0 Å². The molecule has 0 spiro atoms. The number of nitrogens with zero attached hydrogens (tertiary/aromatic N) is 3. The summed E-state index contributed by atoms with van der Waals surface area (Å²) >= 11 is 0. The fraction of sp³-hybridized carbons (Fsp3) is 0.500. The van der Waals surface area contributed by atoms with Crippen LogP contribution in [0.5, 0.6) is 0 Å². The monoisotopic (exact) mass is 155 g/mol. The van der Waals surface area contributed by atoms with Gasteiger partial charge in [-0.05, 0) is 13.8 Å². The minimum atomic E-state index is -1.02. The van der Waals surface area contributed by atoms with Gasteiger partial charge in [-0.1, -0.05) is 5.21 Å². The van der Waals surface area contributed by atoms with E-state index in [4.69, 9.17) is 5.11 Å². The van der Waals surface area contributed by atoms with Crippen LogP contribution in [0.4, 0.5) is 0 Å². The average Bonchev–Trinajstić information content (AvgIpc) is 2.37. The summed E-state index contributed by atoms with van der Waals surface area (Å²) in [6.45, 7) is 3.12. The van der Waals surface area contributed by atoms with E-state index in [0.717, 1.165) is 0 Å². The van der Waals surface area contributed by atoms with Crippen molar-refractivity contribution < 1.29 is 9.90 Å². The molecule has 0 saturated heterocycles. The van der Waals surface area contributed by atoms with E-state index >= 15 is 0 Å². The summed E-state index contributed by atoms with van der Waals surface area (Å²) in [5.41, 5.74) is -1.02. The zero-order chi connectivity index (χ0) is 8.48. The van der Waals surface area contributed by atoms with Gasteiger partial charge in [0.25, 0.3) is 0 Å². The Morgan fingerprint density at radius 3 is 2.64 bits per heavy atom. The van der Waals surface area contributed by atoms with Crippen LogP contribution in [-0.4, -0.2) is 26.1 Å². The fourth-order valence-electron chi connectivity index (χ4n) is 0.604. The highest BCUT2D eigenvalue weighted by Crippen LogP contribution is 2.11. The Labute approximate surface area is 63.6 Å². The first-order valence-corrected chi connectivity index (χ1v) is 3.15. The average molecular weight is 155 g/mol. The van der Waals surface area contributed by atoms with Gasteiger partial charge in [0.15, 0.2) is 5.54 Å². The second-order valence-corrected chi connectivity index (χ2v) is 2.71. The molecular formula is C6H9N3O2. The van der Waals surface area contributed by atoms with E-state index in [2.05, 4.69) is 10.3 Å².